The van der Waals surface area contributed by atoms with Gasteiger partial charge in [-0.05, 0) is 25.1 Å². The van der Waals surface area contributed by atoms with Crippen LogP contribution in [0.2, 0.25) is 0 Å². The lowest BCUT2D eigenvalue weighted by Gasteiger charge is -2.13. The van der Waals surface area contributed by atoms with E-state index >= 15 is 0 Å². The quantitative estimate of drug-likeness (QED) is 0.562. The lowest BCUT2D eigenvalue weighted by Crippen LogP contribution is -2.43. The van der Waals surface area contributed by atoms with Crippen molar-refractivity contribution in [2.45, 2.75) is 13.0 Å². The number of halogens is 2. The van der Waals surface area contributed by atoms with Crippen molar-refractivity contribution in [3.63, 3.8) is 0 Å². The van der Waals surface area contributed by atoms with Crippen LogP contribution >= 0.6 is 11.6 Å². The summed E-state index contributed by atoms with van der Waals surface area (Å²) in [5.41, 5.74) is 5.40. The Morgan fingerprint density at radius 2 is 2.31 bits per heavy atom. The first-order chi connectivity index (χ1) is 7.61. The van der Waals surface area contributed by atoms with E-state index in [1.165, 1.54) is 12.1 Å². The van der Waals surface area contributed by atoms with Gasteiger partial charge in [0.2, 0.25) is 0 Å². The van der Waals surface area contributed by atoms with Crippen LogP contribution in [0, 0.1) is 5.82 Å². The third-order valence-corrected chi connectivity index (χ3v) is 2.22. The van der Waals surface area contributed by atoms with Crippen molar-refractivity contribution in [3.05, 3.63) is 30.1 Å². The Labute approximate surface area is 98.1 Å². The summed E-state index contributed by atoms with van der Waals surface area (Å²) in [7, 11) is 0. The van der Waals surface area contributed by atoms with Gasteiger partial charge >= 0.3 is 6.03 Å². The normalized spacial score (nSPS) is 11.7. The standard InChI is InChI=1S/C10H13ClFN3O/c1-7(6-11)13-10(16)15-14-9-4-2-3-8(12)5-9/h2-5,7,14H,6H2,1H3,(H2,13,15,16). The molecule has 1 aromatic carbocycles. The van der Waals surface area contributed by atoms with Crippen LogP contribution in [-0.2, 0) is 0 Å². The molecule has 0 aliphatic carbocycles. The predicted molar refractivity (Wildman–Crippen MR) is 61.9 cm³/mol. The third-order valence-electron chi connectivity index (χ3n) is 1.75. The Bertz CT molecular complexity index is 362. The number of alkyl halides is 1. The third kappa shape index (κ3) is 4.35. The molecule has 0 saturated carbocycles. The van der Waals surface area contributed by atoms with Gasteiger partial charge < -0.3 is 5.32 Å². The second kappa shape index (κ2) is 6.17. The molecule has 0 heterocycles. The summed E-state index contributed by atoms with van der Waals surface area (Å²) in [6.07, 6.45) is 0. The monoisotopic (exact) mass is 245 g/mol. The summed E-state index contributed by atoms with van der Waals surface area (Å²) < 4.78 is 12.8. The molecule has 0 aliphatic heterocycles. The van der Waals surface area contributed by atoms with Crippen molar-refractivity contribution in [2.24, 2.45) is 0 Å². The first-order valence-electron chi connectivity index (χ1n) is 4.76. The average Bonchev–Trinajstić information content (AvgIpc) is 2.26. The van der Waals surface area contributed by atoms with Gasteiger partial charge in [0.1, 0.15) is 5.82 Å². The molecule has 88 valence electrons. The van der Waals surface area contributed by atoms with Crippen molar-refractivity contribution in [3.8, 4) is 0 Å². The van der Waals surface area contributed by atoms with Crippen molar-refractivity contribution in [1.82, 2.24) is 10.7 Å². The number of hydrazine groups is 1. The number of carbonyl (C=O) groups excluding carboxylic acids is 1. The van der Waals surface area contributed by atoms with E-state index in [0.29, 0.717) is 11.6 Å². The van der Waals surface area contributed by atoms with Crippen molar-refractivity contribution >= 4 is 23.3 Å². The molecule has 0 saturated heterocycles. The Morgan fingerprint density at radius 1 is 1.56 bits per heavy atom. The molecule has 1 unspecified atom stereocenters. The first kappa shape index (κ1) is 12.6. The highest BCUT2D eigenvalue weighted by molar-refractivity contribution is 6.18. The highest BCUT2D eigenvalue weighted by atomic mass is 35.5. The summed E-state index contributed by atoms with van der Waals surface area (Å²) in [4.78, 5) is 11.2. The number of benzene rings is 1. The fraction of sp³-hybridized carbons (Fsp3) is 0.300. The molecule has 1 aromatic rings. The SMILES string of the molecule is CC(CCl)NC(=O)NNc1cccc(F)c1. The average molecular weight is 246 g/mol. The number of hydrogen-bond donors (Lipinski definition) is 3. The van der Waals surface area contributed by atoms with Crippen LogP contribution in [0.5, 0.6) is 0 Å². The minimum absolute atomic E-state index is 0.129. The Balaban J connectivity index is 2.37. The van der Waals surface area contributed by atoms with Gasteiger partial charge in [-0.1, -0.05) is 6.07 Å². The topological polar surface area (TPSA) is 53.2 Å². The molecule has 0 fully saturated rings. The molecule has 0 aliphatic rings. The van der Waals surface area contributed by atoms with Crippen LogP contribution in [0.4, 0.5) is 14.9 Å². The summed E-state index contributed by atoms with van der Waals surface area (Å²) in [6.45, 7) is 1.77. The van der Waals surface area contributed by atoms with E-state index in [-0.39, 0.29) is 11.9 Å². The van der Waals surface area contributed by atoms with E-state index in [0.717, 1.165) is 0 Å². The molecule has 0 spiro atoms. The molecule has 0 bridgehead atoms. The van der Waals surface area contributed by atoms with Crippen LogP contribution in [0.25, 0.3) is 0 Å². The maximum atomic E-state index is 12.8. The van der Waals surface area contributed by atoms with Gasteiger partial charge in [0, 0.05) is 11.9 Å². The zero-order valence-electron chi connectivity index (χ0n) is 8.76. The molecular weight excluding hydrogens is 233 g/mol. The maximum absolute atomic E-state index is 12.8. The smallest absolute Gasteiger partial charge is 0.333 e. The van der Waals surface area contributed by atoms with E-state index in [2.05, 4.69) is 16.2 Å². The second-order valence-electron chi connectivity index (χ2n) is 3.29. The minimum atomic E-state index is -0.419. The maximum Gasteiger partial charge on any atom is 0.333 e. The van der Waals surface area contributed by atoms with Crippen molar-refractivity contribution < 1.29 is 9.18 Å². The number of urea groups is 1. The van der Waals surface area contributed by atoms with Crippen molar-refractivity contribution in [1.29, 1.82) is 0 Å². The molecule has 4 nitrogen and oxygen atoms in total. The van der Waals surface area contributed by atoms with Gasteiger partial charge in [0.05, 0.1) is 5.69 Å². The molecule has 3 N–H and O–H groups in total. The van der Waals surface area contributed by atoms with E-state index in [4.69, 9.17) is 11.6 Å². The Hall–Kier alpha value is -1.49. The van der Waals surface area contributed by atoms with Crippen LogP contribution in [-0.4, -0.2) is 18.0 Å². The van der Waals surface area contributed by atoms with Crippen LogP contribution in [0.1, 0.15) is 6.92 Å². The lowest BCUT2D eigenvalue weighted by atomic mass is 10.3. The summed E-state index contributed by atoms with van der Waals surface area (Å²) >= 11 is 5.52. The number of anilines is 1. The molecular formula is C10H13ClFN3O. The van der Waals surface area contributed by atoms with Gasteiger partial charge in [-0.25, -0.2) is 9.18 Å². The molecule has 0 aromatic heterocycles. The van der Waals surface area contributed by atoms with Crippen LogP contribution in [0.3, 0.4) is 0 Å². The van der Waals surface area contributed by atoms with Gasteiger partial charge in [0.25, 0.3) is 0 Å². The van der Waals surface area contributed by atoms with Gasteiger partial charge in [0.15, 0.2) is 0 Å². The fourth-order valence-electron chi connectivity index (χ4n) is 0.994. The van der Waals surface area contributed by atoms with E-state index in [1.807, 2.05) is 0 Å². The highest BCUT2D eigenvalue weighted by Gasteiger charge is 2.04. The van der Waals surface area contributed by atoms with Crippen LogP contribution < -0.4 is 16.2 Å². The molecule has 2 amide bonds. The second-order valence-corrected chi connectivity index (χ2v) is 3.60. The Morgan fingerprint density at radius 3 is 2.94 bits per heavy atom. The molecule has 16 heavy (non-hydrogen) atoms. The Kier molecular flexibility index (Phi) is 4.85. The number of carbonyl (C=O) groups is 1. The summed E-state index contributed by atoms with van der Waals surface area (Å²) in [5, 5.41) is 2.58. The number of rotatable bonds is 4. The first-order valence-corrected chi connectivity index (χ1v) is 5.29. The van der Waals surface area contributed by atoms with Gasteiger partial charge in [-0.3, -0.25) is 10.9 Å². The van der Waals surface area contributed by atoms with E-state index in [9.17, 15) is 9.18 Å². The highest BCUT2D eigenvalue weighted by Crippen LogP contribution is 2.07. The largest absolute Gasteiger partial charge is 0.333 e. The van der Waals surface area contributed by atoms with Crippen molar-refractivity contribution in [2.75, 3.05) is 11.3 Å². The zero-order chi connectivity index (χ0) is 12.0. The lowest BCUT2D eigenvalue weighted by molar-refractivity contribution is 0.240. The number of nitrogens with one attached hydrogen (secondary N) is 3. The zero-order valence-corrected chi connectivity index (χ0v) is 9.51. The van der Waals surface area contributed by atoms with E-state index in [1.54, 1.807) is 19.1 Å². The van der Waals surface area contributed by atoms with Gasteiger partial charge in [-0.2, -0.15) is 0 Å². The van der Waals surface area contributed by atoms with E-state index < -0.39 is 6.03 Å². The summed E-state index contributed by atoms with van der Waals surface area (Å²) in [5.74, 6) is -0.0470. The summed E-state index contributed by atoms with van der Waals surface area (Å²) in [6, 6.07) is 5.22. The van der Waals surface area contributed by atoms with Crippen LogP contribution in [0.15, 0.2) is 24.3 Å². The van der Waals surface area contributed by atoms with Gasteiger partial charge in [-0.15, -0.1) is 11.6 Å². The minimum Gasteiger partial charge on any atom is -0.333 e. The molecule has 1 atom stereocenters. The molecule has 6 heteroatoms. The fourth-order valence-corrected chi connectivity index (χ4v) is 1.07. The number of amides is 2. The molecule has 0 radical (unpaired) electrons. The molecule has 1 rings (SSSR count). The predicted octanol–water partition coefficient (Wildman–Crippen LogP) is 2.08. The number of hydrogen-bond acceptors (Lipinski definition) is 2.